The molecule has 1 atom stereocenters. The van der Waals surface area contributed by atoms with Crippen molar-refractivity contribution in [2.24, 2.45) is 11.1 Å². The average Bonchev–Trinajstić information content (AvgIpc) is 3.11. The Bertz CT molecular complexity index is 737. The van der Waals surface area contributed by atoms with E-state index >= 15 is 0 Å². The molecule has 0 aromatic carbocycles. The summed E-state index contributed by atoms with van der Waals surface area (Å²) in [7, 11) is 0. The molecule has 124 valence electrons. The lowest BCUT2D eigenvalue weighted by molar-refractivity contribution is -0.0236. The normalized spacial score (nSPS) is 26.3. The van der Waals surface area contributed by atoms with Crippen molar-refractivity contribution in [2.45, 2.75) is 38.3 Å². The number of fused-ring (bicyclic) bond motifs is 1. The van der Waals surface area contributed by atoms with Gasteiger partial charge in [-0.1, -0.05) is 13.8 Å². The van der Waals surface area contributed by atoms with E-state index in [2.05, 4.69) is 49.9 Å². The fourth-order valence-electron chi connectivity index (χ4n) is 3.77. The van der Waals surface area contributed by atoms with Crippen LogP contribution < -0.4 is 10.6 Å². The zero-order valence-corrected chi connectivity index (χ0v) is 15.0. The summed E-state index contributed by atoms with van der Waals surface area (Å²) in [5.74, 6) is 0.869. The SMILES string of the molecule is CC1(C)COC2(CCN(c3ncc(Br)c4nncn34)CC2)[C@H]1N. The van der Waals surface area contributed by atoms with Crippen LogP contribution in [0.3, 0.4) is 0 Å². The van der Waals surface area contributed by atoms with Crippen LogP contribution in [0.25, 0.3) is 5.65 Å². The van der Waals surface area contributed by atoms with Gasteiger partial charge >= 0.3 is 0 Å². The number of anilines is 1. The Hall–Kier alpha value is -1.25. The minimum Gasteiger partial charge on any atom is -0.373 e. The van der Waals surface area contributed by atoms with Gasteiger partial charge in [0.25, 0.3) is 0 Å². The van der Waals surface area contributed by atoms with E-state index < -0.39 is 0 Å². The van der Waals surface area contributed by atoms with Crippen LogP contribution >= 0.6 is 15.9 Å². The molecule has 4 rings (SSSR count). The second-order valence-electron chi connectivity index (χ2n) is 7.24. The highest BCUT2D eigenvalue weighted by molar-refractivity contribution is 9.10. The van der Waals surface area contributed by atoms with E-state index in [1.165, 1.54) is 0 Å². The average molecular weight is 381 g/mol. The predicted molar refractivity (Wildman–Crippen MR) is 90.4 cm³/mol. The van der Waals surface area contributed by atoms with Crippen molar-refractivity contribution in [1.29, 1.82) is 0 Å². The van der Waals surface area contributed by atoms with Crippen molar-refractivity contribution in [3.63, 3.8) is 0 Å². The summed E-state index contributed by atoms with van der Waals surface area (Å²) in [6.45, 7) is 6.85. The molecule has 0 radical (unpaired) electrons. The van der Waals surface area contributed by atoms with E-state index in [0.29, 0.717) is 0 Å². The highest BCUT2D eigenvalue weighted by Crippen LogP contribution is 2.44. The van der Waals surface area contributed by atoms with Crippen molar-refractivity contribution < 1.29 is 4.74 Å². The van der Waals surface area contributed by atoms with E-state index in [4.69, 9.17) is 10.5 Å². The number of halogens is 1. The lowest BCUT2D eigenvalue weighted by Gasteiger charge is -2.42. The first-order valence-electron chi connectivity index (χ1n) is 7.92. The Labute approximate surface area is 143 Å². The number of nitrogens with two attached hydrogens (primary N) is 1. The van der Waals surface area contributed by atoms with Crippen molar-refractivity contribution in [2.75, 3.05) is 24.6 Å². The van der Waals surface area contributed by atoms with Gasteiger partial charge in [-0.25, -0.2) is 9.38 Å². The van der Waals surface area contributed by atoms with E-state index in [1.54, 1.807) is 12.5 Å². The molecule has 2 aromatic heterocycles. The number of ether oxygens (including phenoxy) is 1. The van der Waals surface area contributed by atoms with Gasteiger partial charge in [-0.2, -0.15) is 0 Å². The van der Waals surface area contributed by atoms with Crippen LogP contribution in [0.4, 0.5) is 5.95 Å². The van der Waals surface area contributed by atoms with Crippen LogP contribution in [0.2, 0.25) is 0 Å². The maximum atomic E-state index is 6.51. The van der Waals surface area contributed by atoms with Gasteiger partial charge in [-0.05, 0) is 28.8 Å². The third-order valence-electron chi connectivity index (χ3n) is 5.30. The molecule has 2 fully saturated rings. The molecule has 0 amide bonds. The first-order valence-corrected chi connectivity index (χ1v) is 8.71. The molecule has 0 bridgehead atoms. The van der Waals surface area contributed by atoms with E-state index in [9.17, 15) is 0 Å². The van der Waals surface area contributed by atoms with Gasteiger partial charge in [0.15, 0.2) is 5.65 Å². The number of hydrogen-bond donors (Lipinski definition) is 1. The Kier molecular flexibility index (Phi) is 3.40. The van der Waals surface area contributed by atoms with E-state index in [-0.39, 0.29) is 17.1 Å². The Morgan fingerprint density at radius 2 is 2.09 bits per heavy atom. The summed E-state index contributed by atoms with van der Waals surface area (Å²) in [4.78, 5) is 6.81. The maximum Gasteiger partial charge on any atom is 0.212 e. The van der Waals surface area contributed by atoms with E-state index in [0.717, 1.165) is 48.6 Å². The highest BCUT2D eigenvalue weighted by atomic mass is 79.9. The molecule has 2 aromatic rings. The quantitative estimate of drug-likeness (QED) is 0.809. The van der Waals surface area contributed by atoms with Gasteiger partial charge in [-0.3, -0.25) is 0 Å². The molecular weight excluding hydrogens is 360 g/mol. The highest BCUT2D eigenvalue weighted by Gasteiger charge is 2.53. The van der Waals surface area contributed by atoms with Crippen molar-refractivity contribution in [3.05, 3.63) is 17.0 Å². The standard InChI is InChI=1S/C15H21BrN6O/c1-14(2)8-23-15(12(14)17)3-5-21(6-4-15)13-18-7-10(16)11-20-19-9-22(11)13/h7,9,12H,3-6,8,17H2,1-2H3/t12-/m0/s1. The predicted octanol–water partition coefficient (Wildman–Crippen LogP) is 1.61. The van der Waals surface area contributed by atoms with Crippen molar-refractivity contribution in [3.8, 4) is 0 Å². The molecule has 0 saturated carbocycles. The molecule has 4 heterocycles. The largest absolute Gasteiger partial charge is 0.373 e. The smallest absolute Gasteiger partial charge is 0.212 e. The molecule has 23 heavy (non-hydrogen) atoms. The molecule has 2 N–H and O–H groups in total. The number of hydrogen-bond acceptors (Lipinski definition) is 6. The molecule has 2 aliphatic rings. The molecule has 0 unspecified atom stereocenters. The van der Waals surface area contributed by atoms with Gasteiger partial charge in [-0.15, -0.1) is 10.2 Å². The van der Waals surface area contributed by atoms with Crippen LogP contribution in [0.5, 0.6) is 0 Å². The molecule has 7 nitrogen and oxygen atoms in total. The number of piperidine rings is 1. The van der Waals surface area contributed by atoms with E-state index in [1.807, 2.05) is 4.40 Å². The first kappa shape index (κ1) is 15.3. The van der Waals surface area contributed by atoms with Crippen LogP contribution in [0.15, 0.2) is 17.0 Å². The maximum absolute atomic E-state index is 6.51. The van der Waals surface area contributed by atoms with Crippen LogP contribution in [-0.4, -0.2) is 50.9 Å². The van der Waals surface area contributed by atoms with Gasteiger partial charge in [0.2, 0.25) is 5.95 Å². The topological polar surface area (TPSA) is 81.6 Å². The third-order valence-corrected chi connectivity index (χ3v) is 5.86. The summed E-state index contributed by atoms with van der Waals surface area (Å²) in [5.41, 5.74) is 7.14. The van der Waals surface area contributed by atoms with Gasteiger partial charge in [0, 0.05) is 30.7 Å². The molecule has 8 heteroatoms. The Morgan fingerprint density at radius 3 is 2.74 bits per heavy atom. The summed E-state index contributed by atoms with van der Waals surface area (Å²) < 4.78 is 8.93. The molecule has 0 aliphatic carbocycles. The fourth-order valence-corrected chi connectivity index (χ4v) is 4.15. The minimum absolute atomic E-state index is 0.0412. The molecule has 2 saturated heterocycles. The van der Waals surface area contributed by atoms with Gasteiger partial charge < -0.3 is 15.4 Å². The number of rotatable bonds is 1. The lowest BCUT2D eigenvalue weighted by Crippen LogP contribution is -2.56. The number of nitrogens with zero attached hydrogens (tertiary/aromatic N) is 5. The third kappa shape index (κ3) is 2.27. The Balaban J connectivity index is 1.58. The van der Waals surface area contributed by atoms with Crippen LogP contribution in [0, 0.1) is 5.41 Å². The lowest BCUT2D eigenvalue weighted by atomic mass is 9.75. The zero-order valence-electron chi connectivity index (χ0n) is 13.4. The van der Waals surface area contributed by atoms with Gasteiger partial charge in [0.05, 0.1) is 16.7 Å². The first-order chi connectivity index (χ1) is 10.9. The van der Waals surface area contributed by atoms with Crippen molar-refractivity contribution in [1.82, 2.24) is 19.6 Å². The van der Waals surface area contributed by atoms with Crippen LogP contribution in [0.1, 0.15) is 26.7 Å². The van der Waals surface area contributed by atoms with Crippen molar-refractivity contribution >= 4 is 27.5 Å². The Morgan fingerprint density at radius 1 is 1.35 bits per heavy atom. The summed E-state index contributed by atoms with van der Waals surface area (Å²) in [5, 5.41) is 8.12. The summed E-state index contributed by atoms with van der Waals surface area (Å²) >= 11 is 3.46. The number of aromatic nitrogens is 4. The molecule has 2 aliphatic heterocycles. The minimum atomic E-state index is -0.193. The fraction of sp³-hybridized carbons (Fsp3) is 0.667. The van der Waals surface area contributed by atoms with Crippen LogP contribution in [-0.2, 0) is 4.74 Å². The molecular formula is C15H21BrN6O. The molecule has 1 spiro atoms. The second kappa shape index (κ2) is 5.12. The summed E-state index contributed by atoms with van der Waals surface area (Å²) in [6.07, 6.45) is 5.32. The monoisotopic (exact) mass is 380 g/mol. The second-order valence-corrected chi connectivity index (χ2v) is 8.09. The zero-order chi connectivity index (χ0) is 16.2. The van der Waals surface area contributed by atoms with Gasteiger partial charge in [0.1, 0.15) is 6.33 Å². The summed E-state index contributed by atoms with van der Waals surface area (Å²) in [6, 6.07) is 0.0740.